The van der Waals surface area contributed by atoms with Gasteiger partial charge in [-0.15, -0.1) is 0 Å². The molecule has 20 heavy (non-hydrogen) atoms. The van der Waals surface area contributed by atoms with Gasteiger partial charge in [-0.05, 0) is 32.6 Å². The fourth-order valence-electron chi connectivity index (χ4n) is 2.61. The van der Waals surface area contributed by atoms with E-state index in [0.29, 0.717) is 13.0 Å². The number of aliphatic hydroxyl groups is 1. The van der Waals surface area contributed by atoms with E-state index in [4.69, 9.17) is 0 Å². The zero-order valence-electron chi connectivity index (χ0n) is 11.6. The molecule has 6 heteroatoms. The van der Waals surface area contributed by atoms with E-state index in [2.05, 4.69) is 0 Å². The molecule has 1 aliphatic heterocycles. The second kappa shape index (κ2) is 5.46. The van der Waals surface area contributed by atoms with E-state index in [1.807, 2.05) is 19.0 Å². The number of β-amino-alcohol motifs (C(OH)–C–C–N with tert-alkyl or cyclic N) is 1. The highest BCUT2D eigenvalue weighted by Gasteiger charge is 2.39. The van der Waals surface area contributed by atoms with E-state index in [1.165, 1.54) is 11.0 Å². The summed E-state index contributed by atoms with van der Waals surface area (Å²) in [6.45, 7) is 0.769. The normalized spacial score (nSPS) is 22.6. The van der Waals surface area contributed by atoms with Gasteiger partial charge in [-0.25, -0.2) is 8.78 Å². The zero-order valence-corrected chi connectivity index (χ0v) is 11.6. The Labute approximate surface area is 116 Å². The molecule has 1 aliphatic rings. The molecule has 0 spiro atoms. The van der Waals surface area contributed by atoms with Gasteiger partial charge >= 0.3 is 0 Å². The van der Waals surface area contributed by atoms with Crippen molar-refractivity contribution in [1.82, 2.24) is 9.80 Å². The summed E-state index contributed by atoms with van der Waals surface area (Å²) in [7, 11) is 3.64. The van der Waals surface area contributed by atoms with Crippen molar-refractivity contribution >= 4 is 5.91 Å². The number of likely N-dealkylation sites (N-methyl/N-ethyl adjacent to an activating group) is 1. The Morgan fingerprint density at radius 3 is 2.55 bits per heavy atom. The first-order valence-corrected chi connectivity index (χ1v) is 6.43. The van der Waals surface area contributed by atoms with Crippen LogP contribution < -0.4 is 0 Å². The van der Waals surface area contributed by atoms with Crippen LogP contribution >= 0.6 is 0 Å². The van der Waals surface area contributed by atoms with E-state index < -0.39 is 28.7 Å². The minimum atomic E-state index is -1.03. The third-order valence-electron chi connectivity index (χ3n) is 3.41. The van der Waals surface area contributed by atoms with Crippen LogP contribution in [0.1, 0.15) is 16.8 Å². The number of halogens is 2. The highest BCUT2D eigenvalue weighted by Crippen LogP contribution is 2.25. The first kappa shape index (κ1) is 14.9. The number of rotatable bonds is 3. The van der Waals surface area contributed by atoms with Gasteiger partial charge in [0.05, 0.1) is 12.1 Å². The summed E-state index contributed by atoms with van der Waals surface area (Å²) in [5.74, 6) is -2.47. The molecule has 0 aliphatic carbocycles. The van der Waals surface area contributed by atoms with Crippen LogP contribution in [0.5, 0.6) is 0 Å². The first-order chi connectivity index (χ1) is 9.32. The second-order valence-electron chi connectivity index (χ2n) is 5.54. The molecule has 2 rings (SSSR count). The van der Waals surface area contributed by atoms with Gasteiger partial charge in [0, 0.05) is 13.1 Å². The van der Waals surface area contributed by atoms with E-state index in [0.717, 1.165) is 12.1 Å². The minimum absolute atomic E-state index is 0.0811. The fraction of sp³-hybridized carbons (Fsp3) is 0.500. The molecule has 0 unspecified atom stereocenters. The van der Waals surface area contributed by atoms with Gasteiger partial charge in [-0.2, -0.15) is 0 Å². The summed E-state index contributed by atoms with van der Waals surface area (Å²) in [6.07, 6.45) is 0.396. The third-order valence-corrected chi connectivity index (χ3v) is 3.41. The summed E-state index contributed by atoms with van der Waals surface area (Å²) in [6, 6.07) is 3.32. The molecule has 0 saturated carbocycles. The average Bonchev–Trinajstić information content (AvgIpc) is 2.70. The molecule has 1 heterocycles. The first-order valence-electron chi connectivity index (χ1n) is 6.43. The van der Waals surface area contributed by atoms with E-state index in [-0.39, 0.29) is 13.1 Å². The van der Waals surface area contributed by atoms with Crippen LogP contribution in [0.25, 0.3) is 0 Å². The number of likely N-dealkylation sites (tertiary alicyclic amines) is 1. The molecule has 1 atom stereocenters. The van der Waals surface area contributed by atoms with Crippen LogP contribution in [-0.2, 0) is 0 Å². The Hall–Kier alpha value is -1.53. The maximum Gasteiger partial charge on any atom is 0.259 e. The van der Waals surface area contributed by atoms with Gasteiger partial charge in [0.25, 0.3) is 5.91 Å². The Balaban J connectivity index is 2.16. The average molecular weight is 284 g/mol. The van der Waals surface area contributed by atoms with E-state index in [1.54, 1.807) is 0 Å². The molecule has 1 saturated heterocycles. The lowest BCUT2D eigenvalue weighted by Gasteiger charge is -2.26. The lowest BCUT2D eigenvalue weighted by molar-refractivity contribution is 0.0234. The summed E-state index contributed by atoms with van der Waals surface area (Å²) < 4.78 is 27.2. The predicted molar refractivity (Wildman–Crippen MR) is 70.4 cm³/mol. The van der Waals surface area contributed by atoms with Crippen molar-refractivity contribution < 1.29 is 18.7 Å². The van der Waals surface area contributed by atoms with Crippen LogP contribution in [0.3, 0.4) is 0 Å². The summed E-state index contributed by atoms with van der Waals surface area (Å²) in [5.41, 5.74) is -1.58. The molecule has 1 amide bonds. The van der Waals surface area contributed by atoms with Gasteiger partial charge in [-0.3, -0.25) is 4.79 Å². The van der Waals surface area contributed by atoms with Crippen molar-refractivity contribution in [1.29, 1.82) is 0 Å². The lowest BCUT2D eigenvalue weighted by atomic mass is 10.0. The van der Waals surface area contributed by atoms with Crippen molar-refractivity contribution in [2.45, 2.75) is 12.0 Å². The molecule has 1 aromatic rings. The highest BCUT2D eigenvalue weighted by atomic mass is 19.1. The van der Waals surface area contributed by atoms with Crippen LogP contribution in [-0.4, -0.2) is 60.1 Å². The van der Waals surface area contributed by atoms with Crippen LogP contribution in [0.15, 0.2) is 18.2 Å². The maximum atomic E-state index is 13.6. The van der Waals surface area contributed by atoms with Crippen LogP contribution in [0.2, 0.25) is 0 Å². The third kappa shape index (κ3) is 2.96. The summed E-state index contributed by atoms with van der Waals surface area (Å²) in [4.78, 5) is 15.3. The van der Waals surface area contributed by atoms with Gasteiger partial charge in [0.15, 0.2) is 0 Å². The quantitative estimate of drug-likeness (QED) is 0.904. The van der Waals surface area contributed by atoms with Gasteiger partial charge < -0.3 is 14.9 Å². The van der Waals surface area contributed by atoms with E-state index >= 15 is 0 Å². The van der Waals surface area contributed by atoms with Crippen molar-refractivity contribution in [3.63, 3.8) is 0 Å². The maximum absolute atomic E-state index is 13.6. The van der Waals surface area contributed by atoms with Gasteiger partial charge in [-0.1, -0.05) is 6.07 Å². The molecule has 0 radical (unpaired) electrons. The number of carbonyl (C=O) groups excluding carboxylic acids is 1. The molecule has 110 valence electrons. The Morgan fingerprint density at radius 2 is 2.00 bits per heavy atom. The predicted octanol–water partition coefficient (Wildman–Crippen LogP) is 1.10. The Morgan fingerprint density at radius 1 is 1.40 bits per heavy atom. The SMILES string of the molecule is CN(C)C[C@@]1(O)CCN(C(=O)c2c(F)cccc2F)C1. The highest BCUT2D eigenvalue weighted by molar-refractivity contribution is 5.95. The molecule has 1 N–H and O–H groups in total. The molecule has 1 aromatic carbocycles. The number of amides is 1. The van der Waals surface area contributed by atoms with E-state index in [9.17, 15) is 18.7 Å². The van der Waals surface area contributed by atoms with Crippen molar-refractivity contribution in [3.05, 3.63) is 35.4 Å². The second-order valence-corrected chi connectivity index (χ2v) is 5.54. The summed E-state index contributed by atoms with van der Waals surface area (Å²) >= 11 is 0. The standard InChI is InChI=1S/C14H18F2N2O2/c1-17(2)8-14(20)6-7-18(9-14)13(19)12-10(15)4-3-5-11(12)16/h3-5,20H,6-9H2,1-2H3/t14-/m0/s1. The Bertz CT molecular complexity index is 502. The van der Waals surface area contributed by atoms with Crippen LogP contribution in [0, 0.1) is 11.6 Å². The van der Waals surface area contributed by atoms with Crippen molar-refractivity contribution in [2.24, 2.45) is 0 Å². The smallest absolute Gasteiger partial charge is 0.259 e. The largest absolute Gasteiger partial charge is 0.387 e. The summed E-state index contributed by atoms with van der Waals surface area (Å²) in [5, 5.41) is 10.3. The minimum Gasteiger partial charge on any atom is -0.387 e. The molecule has 0 aromatic heterocycles. The Kier molecular flexibility index (Phi) is 4.06. The molecule has 4 nitrogen and oxygen atoms in total. The van der Waals surface area contributed by atoms with Crippen LogP contribution in [0.4, 0.5) is 8.78 Å². The topological polar surface area (TPSA) is 43.8 Å². The number of hydrogen-bond acceptors (Lipinski definition) is 3. The van der Waals surface area contributed by atoms with Crippen molar-refractivity contribution in [3.8, 4) is 0 Å². The number of benzene rings is 1. The lowest BCUT2D eigenvalue weighted by Crippen LogP contribution is -2.43. The molecular weight excluding hydrogens is 266 g/mol. The number of nitrogens with zero attached hydrogens (tertiary/aromatic N) is 2. The van der Waals surface area contributed by atoms with Gasteiger partial charge in [0.2, 0.25) is 0 Å². The van der Waals surface area contributed by atoms with Crippen molar-refractivity contribution in [2.75, 3.05) is 33.7 Å². The number of carbonyl (C=O) groups is 1. The number of hydrogen-bond donors (Lipinski definition) is 1. The molecule has 0 bridgehead atoms. The zero-order chi connectivity index (χ0) is 14.9. The van der Waals surface area contributed by atoms with Gasteiger partial charge in [0.1, 0.15) is 17.2 Å². The fourth-order valence-corrected chi connectivity index (χ4v) is 2.61. The monoisotopic (exact) mass is 284 g/mol. The molecular formula is C14H18F2N2O2. The molecule has 1 fully saturated rings.